The van der Waals surface area contributed by atoms with Gasteiger partial charge in [-0.25, -0.2) is 0 Å². The van der Waals surface area contributed by atoms with Crippen LogP contribution < -0.4 is 11.1 Å². The fourth-order valence-electron chi connectivity index (χ4n) is 6.31. The molecular weight excluding hydrogens is 1070 g/mol. The van der Waals surface area contributed by atoms with E-state index < -0.39 is 143 Å². The Kier molecular flexibility index (Phi) is 34.4. The van der Waals surface area contributed by atoms with E-state index in [9.17, 15) is 78.1 Å². The van der Waals surface area contributed by atoms with E-state index in [2.05, 4.69) is 35.5 Å². The van der Waals surface area contributed by atoms with Crippen molar-refractivity contribution >= 4 is 36.2 Å². The van der Waals surface area contributed by atoms with Crippen molar-refractivity contribution < 1.29 is 130 Å². The molecule has 0 bridgehead atoms. The van der Waals surface area contributed by atoms with E-state index in [0.29, 0.717) is 18.4 Å². The Morgan fingerprint density at radius 1 is 0.657 bits per heavy atom. The van der Waals surface area contributed by atoms with Crippen molar-refractivity contribution in [1.82, 2.24) is 5.32 Å². The number of nitrogens with two attached hydrogens (primary N) is 1. The van der Waals surface area contributed by atoms with Gasteiger partial charge in [-0.15, -0.1) is 0 Å². The Hall–Kier alpha value is -1.31. The molecule has 5 aliphatic rings. The minimum absolute atomic E-state index is 0.0603. The van der Waals surface area contributed by atoms with E-state index in [1.54, 1.807) is 0 Å². The maximum Gasteiger partial charge on any atom is 0.267 e. The summed E-state index contributed by atoms with van der Waals surface area (Å²) in [4.78, 5) is 2.51. The van der Waals surface area contributed by atoms with Gasteiger partial charge in [0.15, 0.2) is 25.2 Å². The van der Waals surface area contributed by atoms with Crippen LogP contribution in [0.1, 0.15) is 12.8 Å². The number of ether oxygens (including phenoxy) is 8. The molecule has 35 heteroatoms. The number of aliphatic hydroxyl groups excluding tert-OH is 13. The average molecular weight is 1140 g/mol. The summed E-state index contributed by atoms with van der Waals surface area (Å²) in [7, 11) is -0.730. The van der Waals surface area contributed by atoms with Crippen LogP contribution in [0.5, 0.6) is 0 Å². The number of methoxy groups -OCH3 is 4. The van der Waals surface area contributed by atoms with Gasteiger partial charge in [0.1, 0.15) is 85.5 Å². The lowest BCUT2D eigenvalue weighted by Crippen LogP contribution is -2.60. The first-order valence-electron chi connectivity index (χ1n) is 21.0. The second-order valence-corrected chi connectivity index (χ2v) is 19.1. The number of azide groups is 1. The summed E-state index contributed by atoms with van der Waals surface area (Å²) >= 11 is 3.12. The quantitative estimate of drug-likeness (QED) is 0.0146. The number of alkyl halides is 1. The van der Waals surface area contributed by atoms with Crippen LogP contribution in [0.4, 0.5) is 0 Å². The van der Waals surface area contributed by atoms with Crippen LogP contribution >= 0.6 is 15.9 Å². The third-order valence-electron chi connectivity index (χ3n) is 10.2. The Balaban J connectivity index is 0.000000866. The SMILES string of the molecule is CO.CO[C@H]1O[C@H](CBr)[C@@H](O)[C@H](O)[C@H]1O.CO[C@H]1O[C@H](CN)[C@@H](O)[C@H](O)[C@H]1O.CO[C@H]1O[C@H](CN=[N+]=[N-])[C@@H](O)[C@H](O)[C@H]1O.CO[C@H]1O[C@H](CNCCCS(=O)(=O)O)[C@@H](O)[C@H](O)[C@H]1O.O=S1(=O)CCCO1. The standard InChI is InChI=1S/C10H21NO8S.C7H13BrO5.C7H13N3O5.C7H15NO5.C3H6O3S.CH4O/c1-18-10-9(14)8(13)7(12)6(19-10)5-11-3-2-4-20(15,16)17;1-12-7-6(11)5(10)4(9)3(2-8)13-7;1-14-7-6(13)5(12)4(11)3(15-7)2-9-10-8;1-12-7-6(11)5(10)4(9)3(2-8)13-7;4-7(5)3-1-2-6-7;1-2/h6-14H,2-5H2,1H3,(H,15,16,17);3-7,9-11H,2H2,1H3;3-7,11-13H,2H2,1H3;3-7,9-11H,2,8H2,1H3;1-3H2;2H,1H3/t6-,7-,8+,9-,10+;3*3-,4-,5+,6-,7+;;/m1111../s1. The molecule has 17 N–H and O–H groups in total. The van der Waals surface area contributed by atoms with Gasteiger partial charge >= 0.3 is 0 Å². The normalized spacial score (nSPS) is 38.9. The van der Waals surface area contributed by atoms with E-state index in [4.69, 9.17) is 58.8 Å². The average Bonchev–Trinajstić information content (AvgIpc) is 3.76. The first kappa shape index (κ1) is 68.7. The third kappa shape index (κ3) is 22.7. The monoisotopic (exact) mass is 1140 g/mol. The zero-order chi connectivity index (χ0) is 54.1. The van der Waals surface area contributed by atoms with Gasteiger partial charge in [0.2, 0.25) is 0 Å². The van der Waals surface area contributed by atoms with Crippen LogP contribution in [-0.4, -0.2) is 296 Å². The Bertz CT molecular complexity index is 1580. The maximum absolute atomic E-state index is 10.5. The van der Waals surface area contributed by atoms with Gasteiger partial charge < -0.3 is 115 Å². The zero-order valence-electron chi connectivity index (χ0n) is 38.8. The topological polar surface area (TPSA) is 521 Å². The number of hydrogen-bond acceptors (Lipinski definition) is 29. The number of hydrogen-bond donors (Lipinski definition) is 16. The summed E-state index contributed by atoms with van der Waals surface area (Å²) in [6.07, 6.45) is -21.3. The number of halogens is 1. The predicted octanol–water partition coefficient (Wildman–Crippen LogP) is -8.36. The molecule has 32 nitrogen and oxygen atoms in total. The highest BCUT2D eigenvalue weighted by Gasteiger charge is 2.46. The summed E-state index contributed by atoms with van der Waals surface area (Å²) in [5.41, 5.74) is 13.4. The number of rotatable bonds is 14. The summed E-state index contributed by atoms with van der Waals surface area (Å²) < 4.78 is 94.0. The Labute approximate surface area is 412 Å². The van der Waals surface area contributed by atoms with Crippen molar-refractivity contribution in [3.05, 3.63) is 10.4 Å². The minimum Gasteiger partial charge on any atom is -0.400 e. The largest absolute Gasteiger partial charge is 0.400 e. The molecule has 0 amide bonds. The zero-order valence-corrected chi connectivity index (χ0v) is 42.0. The Morgan fingerprint density at radius 2 is 1.03 bits per heavy atom. The fourth-order valence-corrected chi connectivity index (χ4v) is 8.31. The number of nitrogens with zero attached hydrogens (tertiary/aromatic N) is 3. The van der Waals surface area contributed by atoms with Crippen molar-refractivity contribution in [3.63, 3.8) is 0 Å². The lowest BCUT2D eigenvalue weighted by molar-refractivity contribution is -0.288. The molecule has 0 radical (unpaired) electrons. The lowest BCUT2D eigenvalue weighted by atomic mass is 9.99. The summed E-state index contributed by atoms with van der Waals surface area (Å²) in [5, 5.41) is 127. The van der Waals surface area contributed by atoms with Crippen molar-refractivity contribution in [1.29, 1.82) is 0 Å². The summed E-state index contributed by atoms with van der Waals surface area (Å²) in [6.45, 7) is 0.716. The van der Waals surface area contributed by atoms with Crippen LogP contribution in [0.2, 0.25) is 0 Å². The summed E-state index contributed by atoms with van der Waals surface area (Å²) in [6, 6.07) is 0. The van der Waals surface area contributed by atoms with Crippen molar-refractivity contribution in [2.45, 2.75) is 136 Å². The number of nitrogens with one attached hydrogen (secondary N) is 1. The van der Waals surface area contributed by atoms with Crippen LogP contribution in [0, 0.1) is 0 Å². The number of aliphatic hydroxyl groups is 13. The van der Waals surface area contributed by atoms with Gasteiger partial charge in [-0.3, -0.25) is 8.74 Å². The molecule has 0 aromatic heterocycles. The van der Waals surface area contributed by atoms with Gasteiger partial charge in [0.25, 0.3) is 20.2 Å². The molecule has 5 heterocycles. The van der Waals surface area contributed by atoms with Crippen LogP contribution in [0.3, 0.4) is 0 Å². The van der Waals surface area contributed by atoms with Gasteiger partial charge in [0.05, 0.1) is 36.9 Å². The molecule has 5 rings (SSSR count). The minimum atomic E-state index is -3.98. The molecule has 0 aromatic rings. The van der Waals surface area contributed by atoms with E-state index in [1.807, 2.05) is 0 Å². The maximum atomic E-state index is 10.5. The van der Waals surface area contributed by atoms with Crippen LogP contribution in [-0.2, 0) is 62.3 Å². The predicted molar refractivity (Wildman–Crippen MR) is 238 cm³/mol. The first-order chi connectivity index (χ1) is 32.8. The molecule has 0 spiro atoms. The van der Waals surface area contributed by atoms with Gasteiger partial charge in [-0.2, -0.15) is 16.8 Å². The molecule has 0 unspecified atom stereocenters. The first-order valence-corrected chi connectivity index (χ1v) is 25.3. The molecule has 20 atom stereocenters. The fraction of sp³-hybridized carbons (Fsp3) is 1.00. The summed E-state index contributed by atoms with van der Waals surface area (Å²) in [5.74, 6) is -0.164. The second kappa shape index (κ2) is 35.0. The van der Waals surface area contributed by atoms with Gasteiger partial charge in [-0.1, -0.05) is 21.0 Å². The van der Waals surface area contributed by atoms with E-state index in [-0.39, 0.29) is 44.1 Å². The molecule has 5 aliphatic heterocycles. The van der Waals surface area contributed by atoms with E-state index in [0.717, 1.165) is 7.11 Å². The highest BCUT2D eigenvalue weighted by atomic mass is 79.9. The van der Waals surface area contributed by atoms with E-state index >= 15 is 0 Å². The van der Waals surface area contributed by atoms with Crippen LogP contribution in [0.15, 0.2) is 5.11 Å². The second-order valence-electron chi connectivity index (χ2n) is 15.1. The lowest BCUT2D eigenvalue weighted by Gasteiger charge is -2.39. The van der Waals surface area contributed by atoms with Crippen molar-refractivity contribution in [2.24, 2.45) is 10.8 Å². The van der Waals surface area contributed by atoms with Gasteiger partial charge in [0, 0.05) is 58.9 Å². The molecule has 0 aromatic carbocycles. The highest BCUT2D eigenvalue weighted by Crippen LogP contribution is 2.25. The Morgan fingerprint density at radius 3 is 1.36 bits per heavy atom. The third-order valence-corrected chi connectivity index (χ3v) is 13.0. The molecule has 5 fully saturated rings. The molecule has 418 valence electrons. The van der Waals surface area contributed by atoms with Crippen molar-refractivity contribution in [3.8, 4) is 0 Å². The molecular formula is C35H72BrN5O27S2. The van der Waals surface area contributed by atoms with E-state index in [1.165, 1.54) is 28.4 Å². The van der Waals surface area contributed by atoms with Crippen molar-refractivity contribution in [2.75, 3.05) is 85.2 Å². The van der Waals surface area contributed by atoms with Crippen LogP contribution in [0.25, 0.3) is 10.4 Å². The smallest absolute Gasteiger partial charge is 0.267 e. The molecule has 5 saturated heterocycles. The highest BCUT2D eigenvalue weighted by molar-refractivity contribution is 9.09. The molecule has 70 heavy (non-hydrogen) atoms. The molecule has 0 aliphatic carbocycles. The molecule has 0 saturated carbocycles. The van der Waals surface area contributed by atoms with Gasteiger partial charge in [-0.05, 0) is 24.9 Å².